The molecule has 0 aliphatic carbocycles. The van der Waals surface area contributed by atoms with E-state index in [1.807, 2.05) is 6.92 Å². The van der Waals surface area contributed by atoms with Crippen LogP contribution in [0.25, 0.3) is 0 Å². The first kappa shape index (κ1) is 17.7. The fourth-order valence-electron chi connectivity index (χ4n) is 2.78. The van der Waals surface area contributed by atoms with Crippen molar-refractivity contribution in [1.82, 2.24) is 5.32 Å². The summed E-state index contributed by atoms with van der Waals surface area (Å²) in [5.41, 5.74) is 0.830. The van der Waals surface area contributed by atoms with Crippen molar-refractivity contribution in [2.45, 2.75) is 25.7 Å². The highest BCUT2D eigenvalue weighted by Crippen LogP contribution is 2.20. The lowest BCUT2D eigenvalue weighted by atomic mass is 10.0. The van der Waals surface area contributed by atoms with Crippen LogP contribution in [0.1, 0.15) is 31.2 Å². The quantitative estimate of drug-likeness (QED) is 0.681. The summed E-state index contributed by atoms with van der Waals surface area (Å²) < 4.78 is 26.9. The van der Waals surface area contributed by atoms with Gasteiger partial charge in [0, 0.05) is 12.8 Å². The summed E-state index contributed by atoms with van der Waals surface area (Å²) in [6.07, 6.45) is 3.56. The molecule has 0 bridgehead atoms. The lowest BCUT2D eigenvalue weighted by molar-refractivity contribution is -0.886. The number of benzene rings is 1. The van der Waals surface area contributed by atoms with E-state index in [1.165, 1.54) is 25.9 Å². The molecule has 0 spiro atoms. The monoisotopic (exact) mass is 341 g/mol. The number of nitrogens with one attached hydrogen (secondary N) is 2. The number of rotatable bonds is 7. The molecule has 0 unspecified atom stereocenters. The van der Waals surface area contributed by atoms with E-state index in [1.54, 1.807) is 29.2 Å². The van der Waals surface area contributed by atoms with Gasteiger partial charge in [0.15, 0.2) is 0 Å². The summed E-state index contributed by atoms with van der Waals surface area (Å²) in [6, 6.07) is 6.57. The summed E-state index contributed by atoms with van der Waals surface area (Å²) in [5, 5.41) is 2.97. The van der Waals surface area contributed by atoms with Crippen LogP contribution in [0.15, 0.2) is 24.3 Å². The summed E-state index contributed by atoms with van der Waals surface area (Å²) in [4.78, 5) is 13.7. The fraction of sp³-hybridized carbons (Fsp3) is 0.562. The number of amides is 1. The van der Waals surface area contributed by atoms with Gasteiger partial charge in [-0.25, -0.2) is 0 Å². The van der Waals surface area contributed by atoms with Crippen molar-refractivity contribution in [3.8, 4) is 5.75 Å². The van der Waals surface area contributed by atoms with Gasteiger partial charge in [0.2, 0.25) is 5.91 Å². The van der Waals surface area contributed by atoms with Crippen LogP contribution in [-0.2, 0) is 14.9 Å². The summed E-state index contributed by atoms with van der Waals surface area (Å²) in [6.45, 7) is 5.90. The minimum absolute atomic E-state index is 0.0135. The lowest BCUT2D eigenvalue weighted by Gasteiger charge is -2.15. The summed E-state index contributed by atoms with van der Waals surface area (Å²) in [7, 11) is -3.53. The zero-order valence-corrected chi connectivity index (χ0v) is 14.5. The molecule has 1 saturated heterocycles. The van der Waals surface area contributed by atoms with Crippen molar-refractivity contribution in [2.75, 3.05) is 32.4 Å². The maximum absolute atomic E-state index is 12.2. The Balaban J connectivity index is 1.83. The first-order chi connectivity index (χ1) is 10.8. The van der Waals surface area contributed by atoms with Gasteiger partial charge < -0.3 is 14.4 Å². The van der Waals surface area contributed by atoms with Gasteiger partial charge >= 0.3 is 10.1 Å². The SMILES string of the molecule is C[C@@H](C(=O)NCC[NH+]1CCCC1)c1ccc(OS(C)(=O)=O)cc1. The molecule has 128 valence electrons. The molecule has 1 aliphatic heterocycles. The molecule has 6 nitrogen and oxygen atoms in total. The second kappa shape index (κ2) is 7.79. The minimum Gasteiger partial charge on any atom is -0.383 e. The summed E-state index contributed by atoms with van der Waals surface area (Å²) in [5.74, 6) is -0.0438. The normalized spacial score (nSPS) is 17.0. The lowest BCUT2D eigenvalue weighted by Crippen LogP contribution is -3.10. The zero-order valence-electron chi connectivity index (χ0n) is 13.7. The molecule has 1 amide bonds. The zero-order chi connectivity index (χ0) is 16.9. The molecule has 1 heterocycles. The topological polar surface area (TPSA) is 76.9 Å². The van der Waals surface area contributed by atoms with Gasteiger partial charge in [0.05, 0.1) is 38.4 Å². The fourth-order valence-corrected chi connectivity index (χ4v) is 3.24. The van der Waals surface area contributed by atoms with Crippen molar-refractivity contribution in [3.05, 3.63) is 29.8 Å². The van der Waals surface area contributed by atoms with E-state index in [9.17, 15) is 13.2 Å². The van der Waals surface area contributed by atoms with Gasteiger partial charge in [0.1, 0.15) is 5.75 Å². The molecule has 1 aromatic rings. The highest BCUT2D eigenvalue weighted by atomic mass is 32.2. The number of hydrogen-bond donors (Lipinski definition) is 2. The van der Waals surface area contributed by atoms with Crippen molar-refractivity contribution in [1.29, 1.82) is 0 Å². The third-order valence-electron chi connectivity index (χ3n) is 4.11. The van der Waals surface area contributed by atoms with Crippen LogP contribution in [0.5, 0.6) is 5.75 Å². The molecule has 1 atom stereocenters. The van der Waals surface area contributed by atoms with E-state index in [0.29, 0.717) is 6.54 Å². The van der Waals surface area contributed by atoms with E-state index in [2.05, 4.69) is 5.32 Å². The maximum atomic E-state index is 12.2. The van der Waals surface area contributed by atoms with E-state index in [0.717, 1.165) is 18.4 Å². The van der Waals surface area contributed by atoms with Gasteiger partial charge in [-0.1, -0.05) is 12.1 Å². The largest absolute Gasteiger partial charge is 0.383 e. The second-order valence-corrected chi connectivity index (χ2v) is 7.65. The first-order valence-electron chi connectivity index (χ1n) is 7.96. The van der Waals surface area contributed by atoms with Crippen LogP contribution in [-0.4, -0.2) is 46.8 Å². The van der Waals surface area contributed by atoms with Crippen LogP contribution in [0.2, 0.25) is 0 Å². The average Bonchev–Trinajstić information content (AvgIpc) is 2.99. The Morgan fingerprint density at radius 3 is 2.43 bits per heavy atom. The number of carbonyl (C=O) groups excluding carboxylic acids is 1. The Bertz CT molecular complexity index is 622. The summed E-state index contributed by atoms with van der Waals surface area (Å²) >= 11 is 0. The van der Waals surface area contributed by atoms with Crippen molar-refractivity contribution < 1.29 is 22.3 Å². The Morgan fingerprint density at radius 1 is 1.26 bits per heavy atom. The van der Waals surface area contributed by atoms with Crippen LogP contribution >= 0.6 is 0 Å². The van der Waals surface area contributed by atoms with Crippen LogP contribution in [0.3, 0.4) is 0 Å². The van der Waals surface area contributed by atoms with Crippen molar-refractivity contribution in [2.24, 2.45) is 0 Å². The van der Waals surface area contributed by atoms with Gasteiger partial charge in [-0.2, -0.15) is 8.42 Å². The molecule has 7 heteroatoms. The third kappa shape index (κ3) is 5.84. The molecule has 0 saturated carbocycles. The first-order valence-corrected chi connectivity index (χ1v) is 9.77. The van der Waals surface area contributed by atoms with E-state index in [4.69, 9.17) is 4.18 Å². The van der Waals surface area contributed by atoms with Crippen molar-refractivity contribution in [3.63, 3.8) is 0 Å². The smallest absolute Gasteiger partial charge is 0.306 e. The highest BCUT2D eigenvalue weighted by Gasteiger charge is 2.18. The number of hydrogen-bond acceptors (Lipinski definition) is 4. The molecule has 2 N–H and O–H groups in total. The molecular formula is C16H25N2O4S+. The average molecular weight is 341 g/mol. The van der Waals surface area contributed by atoms with E-state index < -0.39 is 10.1 Å². The van der Waals surface area contributed by atoms with E-state index >= 15 is 0 Å². The standard InChI is InChI=1S/C16H24N2O4S/c1-13(16(19)17-9-12-18-10-3-4-11-18)14-5-7-15(8-6-14)22-23(2,20)21/h5-8,13H,3-4,9-12H2,1-2H3,(H,17,19)/p+1/t13-/m1/s1. The Hall–Kier alpha value is -1.60. The molecule has 1 fully saturated rings. The number of likely N-dealkylation sites (tertiary alicyclic amines) is 1. The Labute approximate surface area is 137 Å². The minimum atomic E-state index is -3.53. The maximum Gasteiger partial charge on any atom is 0.306 e. The van der Waals surface area contributed by atoms with Gasteiger partial charge in [0.25, 0.3) is 0 Å². The second-order valence-electron chi connectivity index (χ2n) is 6.08. The predicted molar refractivity (Wildman–Crippen MR) is 88.1 cm³/mol. The molecular weight excluding hydrogens is 316 g/mol. The molecule has 23 heavy (non-hydrogen) atoms. The number of quaternary nitrogens is 1. The Kier molecular flexibility index (Phi) is 6.01. The third-order valence-corrected chi connectivity index (χ3v) is 4.60. The van der Waals surface area contributed by atoms with Crippen LogP contribution in [0, 0.1) is 0 Å². The van der Waals surface area contributed by atoms with Gasteiger partial charge in [-0.3, -0.25) is 4.79 Å². The molecule has 0 aromatic heterocycles. The van der Waals surface area contributed by atoms with Gasteiger partial charge in [-0.05, 0) is 24.6 Å². The molecule has 2 rings (SSSR count). The van der Waals surface area contributed by atoms with Crippen LogP contribution < -0.4 is 14.4 Å². The van der Waals surface area contributed by atoms with E-state index in [-0.39, 0.29) is 17.6 Å². The van der Waals surface area contributed by atoms with Crippen molar-refractivity contribution >= 4 is 16.0 Å². The highest BCUT2D eigenvalue weighted by molar-refractivity contribution is 7.86. The van der Waals surface area contributed by atoms with Gasteiger partial charge in [-0.15, -0.1) is 0 Å². The predicted octanol–water partition coefficient (Wildman–Crippen LogP) is -0.0766. The Morgan fingerprint density at radius 2 is 1.87 bits per heavy atom. The molecule has 0 radical (unpaired) electrons. The molecule has 1 aliphatic rings. The molecule has 1 aromatic carbocycles. The number of carbonyl (C=O) groups is 1. The van der Waals surface area contributed by atoms with Crippen LogP contribution in [0.4, 0.5) is 0 Å².